The molecule has 2 N–H and O–H groups in total. The number of aromatic nitrogens is 3. The van der Waals surface area contributed by atoms with Crippen LogP contribution in [0.15, 0.2) is 30.3 Å². The van der Waals surface area contributed by atoms with Crippen LogP contribution < -0.4 is 19.7 Å². The van der Waals surface area contributed by atoms with E-state index in [1.807, 2.05) is 18.2 Å². The van der Waals surface area contributed by atoms with Crippen LogP contribution in [-0.2, 0) is 4.74 Å². The molecule has 12 nitrogen and oxygen atoms in total. The smallest absolute Gasteiger partial charge is 0.407 e. The maximum Gasteiger partial charge on any atom is 0.407 e. The van der Waals surface area contributed by atoms with Gasteiger partial charge in [-0.2, -0.15) is 9.97 Å². The molecule has 58 heavy (non-hydrogen) atoms. The fraction of sp³-hybridized carbons (Fsp3) is 0.581. The third kappa shape index (κ3) is 7.35. The Morgan fingerprint density at radius 3 is 2.48 bits per heavy atom. The van der Waals surface area contributed by atoms with Crippen molar-refractivity contribution >= 4 is 63.3 Å². The number of thiazole rings is 1. The average molecular weight is 830 g/mol. The number of nitrogens with one attached hydrogen (secondary N) is 1. The number of halogens is 1. The highest BCUT2D eigenvalue weighted by Gasteiger charge is 2.50. The lowest BCUT2D eigenvalue weighted by Gasteiger charge is -2.40. The van der Waals surface area contributed by atoms with Crippen molar-refractivity contribution in [1.82, 2.24) is 24.8 Å². The fourth-order valence-corrected chi connectivity index (χ4v) is 16.8. The number of nitrogens with zero attached hydrogens (tertiary/aromatic N) is 6. The van der Waals surface area contributed by atoms with Crippen molar-refractivity contribution in [1.29, 1.82) is 0 Å². The van der Waals surface area contributed by atoms with Crippen molar-refractivity contribution in [3.05, 3.63) is 35.9 Å². The molecular formula is C43H56FN7O5SSi. The molecule has 4 atom stereocenters. The molecule has 1 amide bonds. The average Bonchev–Trinajstić information content (AvgIpc) is 3.91. The summed E-state index contributed by atoms with van der Waals surface area (Å²) in [4.78, 5) is 33.8. The summed E-state index contributed by atoms with van der Waals surface area (Å²) in [6.07, 6.45) is 2.17. The van der Waals surface area contributed by atoms with Crippen LogP contribution >= 0.6 is 11.3 Å². The molecule has 0 saturated carbocycles. The van der Waals surface area contributed by atoms with Gasteiger partial charge in [0.2, 0.25) is 0 Å². The third-order valence-corrected chi connectivity index (χ3v) is 20.4. The molecule has 310 valence electrons. The highest BCUT2D eigenvalue weighted by molar-refractivity contribution is 7.22. The lowest BCUT2D eigenvalue weighted by Crippen LogP contribution is -2.55. The largest absolute Gasteiger partial charge is 0.467 e. The first-order chi connectivity index (χ1) is 27.8. The number of carbonyl (C=O) groups is 1. The molecule has 0 spiro atoms. The van der Waals surface area contributed by atoms with Crippen LogP contribution in [0.25, 0.3) is 21.1 Å². The van der Waals surface area contributed by atoms with Crippen molar-refractivity contribution in [3.8, 4) is 23.2 Å². The second kappa shape index (κ2) is 16.1. The van der Waals surface area contributed by atoms with Gasteiger partial charge in [-0.25, -0.2) is 14.2 Å². The number of benzene rings is 2. The Balaban J connectivity index is 1.20. The number of piperazine rings is 1. The number of carboxylic acid groups (broad SMARTS) is 1. The summed E-state index contributed by atoms with van der Waals surface area (Å²) in [6, 6.07) is 10.1. The van der Waals surface area contributed by atoms with Crippen molar-refractivity contribution in [2.45, 2.75) is 114 Å². The van der Waals surface area contributed by atoms with Crippen molar-refractivity contribution in [3.63, 3.8) is 0 Å². The fourth-order valence-electron chi connectivity index (χ4n) is 10.7. The van der Waals surface area contributed by atoms with Crippen LogP contribution in [0.2, 0.25) is 16.6 Å². The Bertz CT molecular complexity index is 2210. The summed E-state index contributed by atoms with van der Waals surface area (Å²) in [5.41, 5.74) is 7.38. The molecule has 4 saturated heterocycles. The van der Waals surface area contributed by atoms with E-state index in [2.05, 4.69) is 80.3 Å². The number of methoxy groups -OCH3 is 1. The molecule has 8 rings (SSSR count). The van der Waals surface area contributed by atoms with E-state index in [4.69, 9.17) is 29.2 Å². The van der Waals surface area contributed by atoms with Crippen molar-refractivity contribution < 1.29 is 28.5 Å². The van der Waals surface area contributed by atoms with Crippen LogP contribution in [0.5, 0.6) is 11.8 Å². The molecule has 4 aromatic rings. The Morgan fingerprint density at radius 2 is 1.79 bits per heavy atom. The summed E-state index contributed by atoms with van der Waals surface area (Å²) < 4.78 is 32.3. The van der Waals surface area contributed by atoms with Gasteiger partial charge in [0.25, 0.3) is 0 Å². The van der Waals surface area contributed by atoms with Gasteiger partial charge in [-0.3, -0.25) is 9.80 Å². The van der Waals surface area contributed by atoms with E-state index in [9.17, 15) is 14.3 Å². The van der Waals surface area contributed by atoms with E-state index in [0.29, 0.717) is 76.3 Å². The minimum atomic E-state index is -2.03. The van der Waals surface area contributed by atoms with Gasteiger partial charge < -0.3 is 29.5 Å². The molecule has 2 bridgehead atoms. The predicted molar refractivity (Wildman–Crippen MR) is 230 cm³/mol. The molecule has 15 heteroatoms. The Kier molecular flexibility index (Phi) is 11.2. The first-order valence-electron chi connectivity index (χ1n) is 20.8. The van der Waals surface area contributed by atoms with Crippen molar-refractivity contribution in [2.75, 3.05) is 56.9 Å². The standard InChI is InChI=1S/C43H56FN7O5SSi/c1-26(2)58(27(3)4,28(5)6)17-14-29-10-8-11-30-18-34(56-25-54-7)19-35(36(29)30)45-41-46-37-38(49-22-32-12-13-33(23-49)51(32)42(52)53)47-40(48-39(37)57-41)55-24-43-15-9-16-50(43)21-31(44)20-43/h8,10-11,18-19,26-28,31-33H,9,12-13,15-16,20-25H2,1-7H3,(H,45,46)(H,52,53)/t31-,32?,33?,43+/m1/s1. The molecule has 0 radical (unpaired) electrons. The van der Waals surface area contributed by atoms with Gasteiger partial charge in [0.15, 0.2) is 22.6 Å². The lowest BCUT2D eigenvalue weighted by molar-refractivity contribution is 0.0513. The zero-order chi connectivity index (χ0) is 40.9. The quantitative estimate of drug-likeness (QED) is 0.0809. The zero-order valence-electron chi connectivity index (χ0n) is 34.7. The van der Waals surface area contributed by atoms with Gasteiger partial charge >= 0.3 is 12.1 Å². The second-order valence-corrected chi connectivity index (χ2v) is 24.1. The van der Waals surface area contributed by atoms with E-state index in [1.54, 1.807) is 12.0 Å². The minimum absolute atomic E-state index is 0.0980. The van der Waals surface area contributed by atoms with Crippen LogP contribution in [0.4, 0.5) is 25.8 Å². The Hall–Kier alpha value is -4.23. The highest BCUT2D eigenvalue weighted by Crippen LogP contribution is 2.44. The summed E-state index contributed by atoms with van der Waals surface area (Å²) >= 11 is 1.40. The van der Waals surface area contributed by atoms with Crippen LogP contribution in [0, 0.1) is 11.5 Å². The Morgan fingerprint density at radius 1 is 1.05 bits per heavy atom. The topological polar surface area (TPSA) is 125 Å². The maximum atomic E-state index is 14.7. The minimum Gasteiger partial charge on any atom is -0.467 e. The van der Waals surface area contributed by atoms with Gasteiger partial charge in [-0.1, -0.05) is 70.9 Å². The van der Waals surface area contributed by atoms with E-state index in [-0.39, 0.29) is 30.4 Å². The normalized spacial score (nSPS) is 23.3. The zero-order valence-corrected chi connectivity index (χ0v) is 36.5. The molecule has 4 aliphatic heterocycles. The number of fused-ring (bicyclic) bond motifs is 5. The third-order valence-electron chi connectivity index (χ3n) is 13.3. The van der Waals surface area contributed by atoms with E-state index < -0.39 is 20.3 Å². The summed E-state index contributed by atoms with van der Waals surface area (Å²) in [7, 11) is -0.434. The number of hydrogen-bond donors (Lipinski definition) is 2. The molecule has 6 heterocycles. The van der Waals surface area contributed by atoms with Gasteiger partial charge in [0.1, 0.15) is 32.1 Å². The van der Waals surface area contributed by atoms with E-state index >= 15 is 0 Å². The van der Waals surface area contributed by atoms with Gasteiger partial charge in [-0.15, -0.1) is 5.54 Å². The highest BCUT2D eigenvalue weighted by atomic mass is 32.1. The number of rotatable bonds is 12. The van der Waals surface area contributed by atoms with E-state index in [0.717, 1.165) is 54.3 Å². The predicted octanol–water partition coefficient (Wildman–Crippen LogP) is 8.82. The second-order valence-electron chi connectivity index (χ2n) is 17.5. The number of hydrogen-bond acceptors (Lipinski definition) is 11. The van der Waals surface area contributed by atoms with Gasteiger partial charge in [-0.05, 0) is 66.4 Å². The van der Waals surface area contributed by atoms with Crippen molar-refractivity contribution in [2.24, 2.45) is 0 Å². The van der Waals surface area contributed by atoms with Gasteiger partial charge in [0.05, 0.1) is 23.3 Å². The molecule has 0 aliphatic carbocycles. The summed E-state index contributed by atoms with van der Waals surface area (Å²) in [5.74, 6) is 4.96. The maximum absolute atomic E-state index is 14.7. The van der Waals surface area contributed by atoms with Crippen LogP contribution in [0.3, 0.4) is 0 Å². The summed E-state index contributed by atoms with van der Waals surface area (Å²) in [5, 5.41) is 16.2. The molecule has 4 fully saturated rings. The first kappa shape index (κ1) is 40.5. The Labute approximate surface area is 345 Å². The number of anilines is 3. The molecule has 2 aromatic heterocycles. The van der Waals surface area contributed by atoms with E-state index in [1.165, 1.54) is 11.3 Å². The van der Waals surface area contributed by atoms with Crippen LogP contribution in [-0.4, -0.2) is 115 Å². The monoisotopic (exact) mass is 829 g/mol. The SMILES string of the molecule is COCOc1cc(Nc2nc3c(N4CC5CCC(C4)N5C(=O)O)nc(OC[C@@]45CCCN4C[C@H](F)C5)nc3s2)c2c(C#C[Si](C(C)C)(C(C)C)C(C)C)cccc2c1. The molecule has 2 unspecified atom stereocenters. The lowest BCUT2D eigenvalue weighted by atomic mass is 9.95. The number of amides is 1. The molecular weight excluding hydrogens is 774 g/mol. The molecule has 4 aliphatic rings. The van der Waals surface area contributed by atoms with Crippen LogP contribution in [0.1, 0.15) is 79.2 Å². The number of alkyl halides is 1. The first-order valence-corrected chi connectivity index (χ1v) is 23.8. The summed E-state index contributed by atoms with van der Waals surface area (Å²) in [6.45, 7) is 16.6. The molecule has 2 aromatic carbocycles. The van der Waals surface area contributed by atoms with Gasteiger partial charge in [0, 0.05) is 50.2 Å². The number of ether oxygens (including phenoxy) is 3.